The number of rotatable bonds is 6. The molecule has 0 bridgehead atoms. The van der Waals surface area contributed by atoms with Gasteiger partial charge in [-0.05, 0) is 38.3 Å². The van der Waals surface area contributed by atoms with Gasteiger partial charge in [-0.2, -0.15) is 0 Å². The van der Waals surface area contributed by atoms with Gasteiger partial charge in [-0.1, -0.05) is 6.07 Å². The molecule has 1 aromatic carbocycles. The average molecular weight is 291 g/mol. The van der Waals surface area contributed by atoms with Crippen LogP contribution in [0.3, 0.4) is 0 Å². The zero-order valence-corrected chi connectivity index (χ0v) is 12.0. The Bertz CT molecular complexity index is 599. The van der Waals surface area contributed by atoms with Crippen molar-refractivity contribution in [3.8, 4) is 0 Å². The molecule has 0 aliphatic heterocycles. The summed E-state index contributed by atoms with van der Waals surface area (Å²) in [6, 6.07) is 4.56. The van der Waals surface area contributed by atoms with Gasteiger partial charge in [0.05, 0.1) is 12.0 Å². The Morgan fingerprint density at radius 1 is 1.33 bits per heavy atom. The fourth-order valence-electron chi connectivity index (χ4n) is 2.53. The lowest BCUT2D eigenvalue weighted by Gasteiger charge is -2.15. The van der Waals surface area contributed by atoms with E-state index in [0.717, 1.165) is 5.69 Å². The quantitative estimate of drug-likeness (QED) is 0.885. The third kappa shape index (κ3) is 3.29. The summed E-state index contributed by atoms with van der Waals surface area (Å²) in [5, 5.41) is 3.32. The minimum Gasteiger partial charge on any atom is -0.330 e. The monoisotopic (exact) mass is 291 g/mol. The Labute approximate surface area is 123 Å². The molecule has 0 radical (unpaired) electrons. The molecule has 21 heavy (non-hydrogen) atoms. The summed E-state index contributed by atoms with van der Waals surface area (Å²) in [4.78, 5) is 4.18. The number of nitrogens with zero attached hydrogens (tertiary/aromatic N) is 2. The highest BCUT2D eigenvalue weighted by molar-refractivity contribution is 5.20. The van der Waals surface area contributed by atoms with Gasteiger partial charge >= 0.3 is 0 Å². The van der Waals surface area contributed by atoms with Crippen molar-refractivity contribution in [3.05, 3.63) is 53.6 Å². The molecule has 0 amide bonds. The highest BCUT2D eigenvalue weighted by atomic mass is 19.1. The van der Waals surface area contributed by atoms with Crippen LogP contribution in [0.2, 0.25) is 0 Å². The van der Waals surface area contributed by atoms with E-state index in [1.165, 1.54) is 31.0 Å². The second kappa shape index (κ2) is 5.93. The maximum atomic E-state index is 13.6. The van der Waals surface area contributed by atoms with Gasteiger partial charge in [0.25, 0.3) is 0 Å². The predicted molar refractivity (Wildman–Crippen MR) is 76.9 cm³/mol. The van der Waals surface area contributed by atoms with Gasteiger partial charge in [0.2, 0.25) is 0 Å². The summed E-state index contributed by atoms with van der Waals surface area (Å²) < 4.78 is 29.4. The molecule has 0 saturated heterocycles. The molecule has 3 rings (SSSR count). The van der Waals surface area contributed by atoms with Crippen molar-refractivity contribution < 1.29 is 8.78 Å². The first-order chi connectivity index (χ1) is 10.1. The topological polar surface area (TPSA) is 29.9 Å². The van der Waals surface area contributed by atoms with Crippen LogP contribution in [0.1, 0.15) is 37.1 Å². The van der Waals surface area contributed by atoms with E-state index in [-0.39, 0.29) is 11.6 Å². The van der Waals surface area contributed by atoms with E-state index in [1.807, 2.05) is 19.4 Å². The molecule has 1 unspecified atom stereocenters. The molecular formula is C16H19F2N3. The van der Waals surface area contributed by atoms with Crippen LogP contribution in [0.15, 0.2) is 30.7 Å². The lowest BCUT2D eigenvalue weighted by atomic mass is 10.1. The minimum atomic E-state index is -0.480. The van der Waals surface area contributed by atoms with Gasteiger partial charge < -0.3 is 9.88 Å². The first kappa shape index (κ1) is 14.2. The van der Waals surface area contributed by atoms with Crippen LogP contribution < -0.4 is 5.32 Å². The molecule has 1 aromatic heterocycles. The molecule has 1 N–H and O–H groups in total. The first-order valence-electron chi connectivity index (χ1n) is 7.32. The lowest BCUT2D eigenvalue weighted by molar-refractivity contribution is 0.490. The molecule has 1 saturated carbocycles. The zero-order valence-electron chi connectivity index (χ0n) is 12.0. The minimum absolute atomic E-state index is 0.0149. The fourth-order valence-corrected chi connectivity index (χ4v) is 2.53. The third-order valence-corrected chi connectivity index (χ3v) is 3.89. The number of hydrogen-bond acceptors (Lipinski definition) is 2. The standard InChI is InChI=1S/C16H19F2N3/c1-11(7-14-15(17)3-2-4-16(14)18)20-9-13-8-19-10-21(13)12-5-6-12/h2-4,8,10-12,20H,5-7,9H2,1H3. The molecule has 1 aliphatic carbocycles. The average Bonchev–Trinajstić information content (AvgIpc) is 3.19. The summed E-state index contributed by atoms with van der Waals surface area (Å²) in [6.45, 7) is 2.59. The zero-order chi connectivity index (χ0) is 14.8. The molecule has 1 fully saturated rings. The van der Waals surface area contributed by atoms with Crippen molar-refractivity contribution >= 4 is 0 Å². The van der Waals surface area contributed by atoms with Crippen molar-refractivity contribution in [2.75, 3.05) is 0 Å². The van der Waals surface area contributed by atoms with E-state index in [0.29, 0.717) is 19.0 Å². The summed E-state index contributed by atoms with van der Waals surface area (Å²) in [5.74, 6) is -0.960. The molecule has 5 heteroatoms. The highest BCUT2D eigenvalue weighted by Gasteiger charge is 2.25. The fraction of sp³-hybridized carbons (Fsp3) is 0.438. The first-order valence-corrected chi connectivity index (χ1v) is 7.32. The van der Waals surface area contributed by atoms with E-state index in [1.54, 1.807) is 0 Å². The van der Waals surface area contributed by atoms with Gasteiger partial charge in [0.15, 0.2) is 0 Å². The highest BCUT2D eigenvalue weighted by Crippen LogP contribution is 2.35. The molecule has 3 nitrogen and oxygen atoms in total. The molecule has 2 aromatic rings. The van der Waals surface area contributed by atoms with Gasteiger partial charge in [0.1, 0.15) is 11.6 Å². The number of benzene rings is 1. The van der Waals surface area contributed by atoms with Crippen LogP contribution in [0.5, 0.6) is 0 Å². The van der Waals surface area contributed by atoms with Crippen LogP contribution in [-0.4, -0.2) is 15.6 Å². The van der Waals surface area contributed by atoms with Crippen LogP contribution in [0.25, 0.3) is 0 Å². The summed E-state index contributed by atoms with van der Waals surface area (Å²) in [7, 11) is 0. The van der Waals surface area contributed by atoms with E-state index in [4.69, 9.17) is 0 Å². The number of imidazole rings is 1. The van der Waals surface area contributed by atoms with E-state index < -0.39 is 11.6 Å². The second-order valence-electron chi connectivity index (χ2n) is 5.71. The Hall–Kier alpha value is -1.75. The predicted octanol–water partition coefficient (Wildman–Crippen LogP) is 3.22. The SMILES string of the molecule is CC(Cc1c(F)cccc1F)NCc1cncn1C1CC1. The van der Waals surface area contributed by atoms with Crippen molar-refractivity contribution in [2.24, 2.45) is 0 Å². The van der Waals surface area contributed by atoms with Gasteiger partial charge in [0, 0.05) is 30.4 Å². The molecule has 1 aliphatic rings. The molecule has 1 atom stereocenters. The Morgan fingerprint density at radius 3 is 2.71 bits per heavy atom. The van der Waals surface area contributed by atoms with Crippen LogP contribution >= 0.6 is 0 Å². The van der Waals surface area contributed by atoms with Crippen molar-refractivity contribution in [2.45, 2.75) is 44.8 Å². The smallest absolute Gasteiger partial charge is 0.129 e. The second-order valence-corrected chi connectivity index (χ2v) is 5.71. The van der Waals surface area contributed by atoms with Crippen molar-refractivity contribution in [3.63, 3.8) is 0 Å². The molecule has 1 heterocycles. The Morgan fingerprint density at radius 2 is 2.05 bits per heavy atom. The number of aromatic nitrogens is 2. The molecular weight excluding hydrogens is 272 g/mol. The third-order valence-electron chi connectivity index (χ3n) is 3.89. The Balaban J connectivity index is 1.59. The Kier molecular flexibility index (Phi) is 4.01. The van der Waals surface area contributed by atoms with Gasteiger partial charge in [-0.25, -0.2) is 13.8 Å². The van der Waals surface area contributed by atoms with E-state index >= 15 is 0 Å². The number of nitrogens with one attached hydrogen (secondary N) is 1. The largest absolute Gasteiger partial charge is 0.330 e. The van der Waals surface area contributed by atoms with Crippen LogP contribution in [0, 0.1) is 11.6 Å². The van der Waals surface area contributed by atoms with Crippen LogP contribution in [-0.2, 0) is 13.0 Å². The maximum Gasteiger partial charge on any atom is 0.129 e. The van der Waals surface area contributed by atoms with E-state index in [9.17, 15) is 8.78 Å². The number of halogens is 2. The van der Waals surface area contributed by atoms with Crippen LogP contribution in [0.4, 0.5) is 8.78 Å². The van der Waals surface area contributed by atoms with Crippen molar-refractivity contribution in [1.82, 2.24) is 14.9 Å². The number of hydrogen-bond donors (Lipinski definition) is 1. The van der Waals surface area contributed by atoms with E-state index in [2.05, 4.69) is 14.9 Å². The summed E-state index contributed by atoms with van der Waals surface area (Å²) >= 11 is 0. The van der Waals surface area contributed by atoms with Gasteiger partial charge in [-0.3, -0.25) is 0 Å². The maximum absolute atomic E-state index is 13.6. The molecule has 0 spiro atoms. The summed E-state index contributed by atoms with van der Waals surface area (Å²) in [6.07, 6.45) is 6.45. The molecule has 112 valence electrons. The lowest BCUT2D eigenvalue weighted by Crippen LogP contribution is -2.29. The normalized spacial score (nSPS) is 16.1. The van der Waals surface area contributed by atoms with Crippen molar-refractivity contribution in [1.29, 1.82) is 0 Å². The van der Waals surface area contributed by atoms with Gasteiger partial charge in [-0.15, -0.1) is 0 Å². The summed E-state index contributed by atoms with van der Waals surface area (Å²) in [5.41, 5.74) is 1.27.